The van der Waals surface area contributed by atoms with Crippen molar-refractivity contribution in [2.45, 2.75) is 0 Å². The van der Waals surface area contributed by atoms with Gasteiger partial charge in [-0.05, 0) is 24.3 Å². The van der Waals surface area contributed by atoms with E-state index in [-0.39, 0.29) is 15.0 Å². The number of rotatable bonds is 3. The third kappa shape index (κ3) is 3.32. The van der Waals surface area contributed by atoms with E-state index in [2.05, 4.69) is 10.3 Å². The second-order valence-corrected chi connectivity index (χ2v) is 4.93. The summed E-state index contributed by atoms with van der Waals surface area (Å²) in [6, 6.07) is 6.27. The number of hydrogen-bond donors (Lipinski definition) is 2. The summed E-state index contributed by atoms with van der Waals surface area (Å²) in [7, 11) is 0. The first-order valence-electron chi connectivity index (χ1n) is 5.15. The van der Waals surface area contributed by atoms with Crippen LogP contribution in [0, 0.1) is 5.82 Å². The van der Waals surface area contributed by atoms with E-state index in [0.29, 0.717) is 17.1 Å². The van der Waals surface area contributed by atoms with Crippen LogP contribution in [0.4, 0.5) is 15.9 Å². The summed E-state index contributed by atoms with van der Waals surface area (Å²) in [6.07, 6.45) is 1.54. The minimum absolute atomic E-state index is 0.0604. The molecule has 0 aliphatic heterocycles. The predicted molar refractivity (Wildman–Crippen MR) is 79.8 cm³/mol. The van der Waals surface area contributed by atoms with E-state index in [1.165, 1.54) is 18.3 Å². The summed E-state index contributed by atoms with van der Waals surface area (Å²) in [6.45, 7) is 0. The minimum Gasteiger partial charge on any atom is -0.389 e. The zero-order valence-electron chi connectivity index (χ0n) is 9.45. The van der Waals surface area contributed by atoms with Crippen LogP contribution in [0.5, 0.6) is 0 Å². The number of hydrogen-bond acceptors (Lipinski definition) is 3. The maximum Gasteiger partial charge on any atom is 0.160 e. The van der Waals surface area contributed by atoms with E-state index in [0.717, 1.165) is 0 Å². The first-order chi connectivity index (χ1) is 8.97. The first kappa shape index (κ1) is 14.0. The van der Waals surface area contributed by atoms with Gasteiger partial charge in [0.1, 0.15) is 10.8 Å². The van der Waals surface area contributed by atoms with Crippen molar-refractivity contribution in [1.82, 2.24) is 4.98 Å². The lowest BCUT2D eigenvalue weighted by molar-refractivity contribution is 0.629. The molecular formula is C12H8Cl2FN3S. The highest BCUT2D eigenvalue weighted by Crippen LogP contribution is 2.28. The second kappa shape index (κ2) is 5.69. The quantitative estimate of drug-likeness (QED) is 0.666. The number of thiocarbonyl (C=S) groups is 1. The Kier molecular flexibility index (Phi) is 4.19. The van der Waals surface area contributed by atoms with Crippen LogP contribution in [-0.4, -0.2) is 9.97 Å². The molecule has 0 fully saturated rings. The van der Waals surface area contributed by atoms with Gasteiger partial charge in [-0.2, -0.15) is 0 Å². The Morgan fingerprint density at radius 1 is 1.26 bits per heavy atom. The lowest BCUT2D eigenvalue weighted by Crippen LogP contribution is -2.09. The number of aromatic nitrogens is 1. The van der Waals surface area contributed by atoms with E-state index in [4.69, 9.17) is 41.2 Å². The molecule has 0 aliphatic rings. The molecule has 1 aromatic heterocycles. The molecule has 2 rings (SSSR count). The molecule has 0 radical (unpaired) electrons. The zero-order valence-corrected chi connectivity index (χ0v) is 11.8. The molecule has 19 heavy (non-hydrogen) atoms. The van der Waals surface area contributed by atoms with Gasteiger partial charge in [-0.15, -0.1) is 0 Å². The molecule has 3 nitrogen and oxygen atoms in total. The van der Waals surface area contributed by atoms with Gasteiger partial charge >= 0.3 is 0 Å². The van der Waals surface area contributed by atoms with Crippen LogP contribution in [0.25, 0.3) is 0 Å². The Bertz CT molecular complexity index is 608. The van der Waals surface area contributed by atoms with Crippen molar-refractivity contribution in [3.05, 3.63) is 51.9 Å². The van der Waals surface area contributed by atoms with Crippen molar-refractivity contribution in [2.75, 3.05) is 5.32 Å². The number of anilines is 2. The Morgan fingerprint density at radius 3 is 2.37 bits per heavy atom. The number of nitrogens with two attached hydrogens (primary N) is 1. The lowest BCUT2D eigenvalue weighted by Gasteiger charge is -2.08. The molecule has 0 aliphatic carbocycles. The van der Waals surface area contributed by atoms with Crippen molar-refractivity contribution < 1.29 is 4.39 Å². The first-order valence-corrected chi connectivity index (χ1v) is 6.31. The summed E-state index contributed by atoms with van der Waals surface area (Å²) in [5.74, 6) is -0.107. The molecule has 3 N–H and O–H groups in total. The summed E-state index contributed by atoms with van der Waals surface area (Å²) >= 11 is 16.2. The SMILES string of the molecule is NC(=S)c1ccc(Nc2cc(Cl)c(F)c(Cl)c2)nc1. The van der Waals surface area contributed by atoms with E-state index in [1.54, 1.807) is 12.1 Å². The highest BCUT2D eigenvalue weighted by Gasteiger charge is 2.08. The lowest BCUT2D eigenvalue weighted by atomic mass is 10.2. The van der Waals surface area contributed by atoms with Gasteiger partial charge in [0.05, 0.1) is 10.0 Å². The number of pyridine rings is 1. The van der Waals surface area contributed by atoms with Crippen molar-refractivity contribution >= 4 is 51.9 Å². The molecular weight excluding hydrogens is 308 g/mol. The number of nitrogens with one attached hydrogen (secondary N) is 1. The summed E-state index contributed by atoms with van der Waals surface area (Å²) in [5.41, 5.74) is 6.66. The smallest absolute Gasteiger partial charge is 0.160 e. The van der Waals surface area contributed by atoms with Gasteiger partial charge in [0.25, 0.3) is 0 Å². The Balaban J connectivity index is 2.24. The average molecular weight is 316 g/mol. The average Bonchev–Trinajstić information content (AvgIpc) is 2.36. The van der Waals surface area contributed by atoms with E-state index in [9.17, 15) is 4.39 Å². The van der Waals surface area contributed by atoms with E-state index < -0.39 is 5.82 Å². The normalized spacial score (nSPS) is 10.3. The van der Waals surface area contributed by atoms with Crippen LogP contribution < -0.4 is 11.1 Å². The van der Waals surface area contributed by atoms with Gasteiger partial charge in [-0.25, -0.2) is 9.37 Å². The molecule has 0 spiro atoms. The summed E-state index contributed by atoms with van der Waals surface area (Å²) < 4.78 is 13.3. The van der Waals surface area contributed by atoms with Crippen molar-refractivity contribution in [3.8, 4) is 0 Å². The molecule has 0 bridgehead atoms. The van der Waals surface area contributed by atoms with Crippen LogP contribution in [0.2, 0.25) is 10.0 Å². The minimum atomic E-state index is -0.648. The van der Waals surface area contributed by atoms with Gasteiger partial charge in [0.2, 0.25) is 0 Å². The van der Waals surface area contributed by atoms with Crippen LogP contribution in [0.15, 0.2) is 30.5 Å². The molecule has 0 saturated carbocycles. The highest BCUT2D eigenvalue weighted by atomic mass is 35.5. The molecule has 0 unspecified atom stereocenters. The highest BCUT2D eigenvalue weighted by molar-refractivity contribution is 7.80. The van der Waals surface area contributed by atoms with Crippen molar-refractivity contribution in [2.24, 2.45) is 5.73 Å². The van der Waals surface area contributed by atoms with Crippen molar-refractivity contribution in [3.63, 3.8) is 0 Å². The maximum atomic E-state index is 13.3. The molecule has 1 heterocycles. The Morgan fingerprint density at radius 2 is 1.89 bits per heavy atom. The Labute approximate surface area is 124 Å². The second-order valence-electron chi connectivity index (χ2n) is 3.68. The van der Waals surface area contributed by atoms with Gasteiger partial charge in [-0.1, -0.05) is 35.4 Å². The van der Waals surface area contributed by atoms with Crippen LogP contribution in [0.1, 0.15) is 5.56 Å². The predicted octanol–water partition coefficient (Wildman–Crippen LogP) is 3.91. The molecule has 1 aromatic carbocycles. The largest absolute Gasteiger partial charge is 0.389 e. The monoisotopic (exact) mass is 315 g/mol. The standard InChI is InChI=1S/C12H8Cl2FN3S/c13-8-3-7(4-9(14)11(8)15)18-10-2-1-6(5-17-10)12(16)19/h1-5H,(H2,16,19)(H,17,18). The molecule has 0 atom stereocenters. The topological polar surface area (TPSA) is 50.9 Å². The van der Waals surface area contributed by atoms with E-state index >= 15 is 0 Å². The molecule has 98 valence electrons. The zero-order chi connectivity index (χ0) is 14.0. The third-order valence-electron chi connectivity index (χ3n) is 2.30. The molecule has 0 amide bonds. The number of benzene rings is 1. The van der Waals surface area contributed by atoms with Crippen LogP contribution >= 0.6 is 35.4 Å². The fourth-order valence-electron chi connectivity index (χ4n) is 1.39. The summed E-state index contributed by atoms with van der Waals surface area (Å²) in [5, 5.41) is 2.83. The van der Waals surface area contributed by atoms with Crippen molar-refractivity contribution in [1.29, 1.82) is 0 Å². The van der Waals surface area contributed by atoms with Gasteiger partial charge in [0, 0.05) is 17.4 Å². The molecule has 7 heteroatoms. The third-order valence-corrected chi connectivity index (χ3v) is 3.09. The van der Waals surface area contributed by atoms with Gasteiger partial charge in [0.15, 0.2) is 5.82 Å². The van der Waals surface area contributed by atoms with E-state index in [1.807, 2.05) is 0 Å². The van der Waals surface area contributed by atoms with Gasteiger partial charge < -0.3 is 11.1 Å². The van der Waals surface area contributed by atoms with Crippen LogP contribution in [0.3, 0.4) is 0 Å². The number of halogens is 3. The molecule has 2 aromatic rings. The van der Waals surface area contributed by atoms with Gasteiger partial charge in [-0.3, -0.25) is 0 Å². The fraction of sp³-hybridized carbons (Fsp3) is 0. The fourth-order valence-corrected chi connectivity index (χ4v) is 2.00. The molecule has 0 saturated heterocycles. The maximum absolute atomic E-state index is 13.3. The summed E-state index contributed by atoms with van der Waals surface area (Å²) in [4.78, 5) is 4.39. The number of nitrogens with zero attached hydrogens (tertiary/aromatic N) is 1. The van der Waals surface area contributed by atoms with Crippen LogP contribution in [-0.2, 0) is 0 Å². The Hall–Kier alpha value is -1.43.